The summed E-state index contributed by atoms with van der Waals surface area (Å²) in [5.74, 6) is -0.672. The van der Waals surface area contributed by atoms with Crippen molar-refractivity contribution >= 4 is 5.78 Å². The maximum Gasteiger partial charge on any atom is 0.416 e. The molecule has 1 aromatic carbocycles. The molecule has 0 radical (unpaired) electrons. The van der Waals surface area contributed by atoms with Crippen LogP contribution in [-0.2, 0) is 17.4 Å². The number of hydrogen-bond donors (Lipinski definition) is 0. The van der Waals surface area contributed by atoms with Crippen molar-refractivity contribution in [1.82, 2.24) is 0 Å². The molecule has 0 atom stereocenters. The van der Waals surface area contributed by atoms with Gasteiger partial charge in [-0.3, -0.25) is 4.79 Å². The molecule has 0 aliphatic carbocycles. The summed E-state index contributed by atoms with van der Waals surface area (Å²) >= 11 is 0. The molecule has 0 bridgehead atoms. The third kappa shape index (κ3) is 3.09. The summed E-state index contributed by atoms with van der Waals surface area (Å²) in [5.41, 5.74) is -0.370. The summed E-state index contributed by atoms with van der Waals surface area (Å²) in [4.78, 5) is 10.7. The highest BCUT2D eigenvalue weighted by atomic mass is 19.4. The highest BCUT2D eigenvalue weighted by Gasteiger charge is 2.29. The lowest BCUT2D eigenvalue weighted by molar-refractivity contribution is -0.137. The van der Waals surface area contributed by atoms with Crippen LogP contribution < -0.4 is 0 Å². The van der Waals surface area contributed by atoms with Gasteiger partial charge in [0.15, 0.2) is 0 Å². The van der Waals surface area contributed by atoms with Crippen LogP contribution >= 0.6 is 0 Å². The van der Waals surface area contributed by atoms with Gasteiger partial charge in [0.2, 0.25) is 5.78 Å². The minimum atomic E-state index is -4.38. The number of halogens is 3. The van der Waals surface area contributed by atoms with Gasteiger partial charge in [0, 0.05) is 6.42 Å². The van der Waals surface area contributed by atoms with Crippen LogP contribution in [0.5, 0.6) is 0 Å². The van der Waals surface area contributed by atoms with Crippen molar-refractivity contribution in [3.8, 4) is 6.07 Å². The molecule has 0 saturated heterocycles. The average Bonchev–Trinajstić information content (AvgIpc) is 2.17. The van der Waals surface area contributed by atoms with Crippen LogP contribution in [0.25, 0.3) is 0 Å². The normalized spacial score (nSPS) is 10.8. The highest BCUT2D eigenvalue weighted by Crippen LogP contribution is 2.29. The first-order chi connectivity index (χ1) is 6.93. The summed E-state index contributed by atoms with van der Waals surface area (Å²) in [6.45, 7) is 0. The van der Waals surface area contributed by atoms with Crippen molar-refractivity contribution in [2.75, 3.05) is 0 Å². The minimum Gasteiger partial charge on any atom is -0.282 e. The van der Waals surface area contributed by atoms with Crippen molar-refractivity contribution in [2.24, 2.45) is 0 Å². The Hall–Kier alpha value is -1.83. The second-order valence-electron chi connectivity index (χ2n) is 2.91. The van der Waals surface area contributed by atoms with E-state index in [0.717, 1.165) is 12.1 Å². The van der Waals surface area contributed by atoms with Gasteiger partial charge in [0.25, 0.3) is 0 Å². The standard InChI is InChI=1S/C10H6F3NO/c11-10(12,13)8-3-1-7(2-4-8)5-9(15)6-14/h1-4H,5H2. The molecule has 0 saturated carbocycles. The monoisotopic (exact) mass is 213 g/mol. The number of Topliss-reactive ketones (excluding diaryl/α,β-unsaturated/α-hetero) is 1. The van der Waals surface area contributed by atoms with E-state index in [2.05, 4.69) is 0 Å². The van der Waals surface area contributed by atoms with Gasteiger partial charge in [-0.15, -0.1) is 0 Å². The van der Waals surface area contributed by atoms with Gasteiger partial charge >= 0.3 is 6.18 Å². The van der Waals surface area contributed by atoms with Crippen LogP contribution in [0, 0.1) is 11.3 Å². The molecule has 0 unspecified atom stereocenters. The second-order valence-corrected chi connectivity index (χ2v) is 2.91. The zero-order chi connectivity index (χ0) is 11.5. The smallest absolute Gasteiger partial charge is 0.282 e. The quantitative estimate of drug-likeness (QED) is 0.707. The van der Waals surface area contributed by atoms with Crippen LogP contribution in [0.1, 0.15) is 11.1 Å². The number of ketones is 1. The van der Waals surface area contributed by atoms with Crippen molar-refractivity contribution in [3.05, 3.63) is 35.4 Å². The zero-order valence-corrected chi connectivity index (χ0v) is 7.51. The average molecular weight is 213 g/mol. The number of rotatable bonds is 2. The van der Waals surface area contributed by atoms with Crippen molar-refractivity contribution in [2.45, 2.75) is 12.6 Å². The molecular weight excluding hydrogens is 207 g/mol. The maximum atomic E-state index is 12.1. The molecule has 5 heteroatoms. The molecular formula is C10H6F3NO. The van der Waals surface area contributed by atoms with E-state index in [4.69, 9.17) is 5.26 Å². The largest absolute Gasteiger partial charge is 0.416 e. The molecule has 0 heterocycles. The second kappa shape index (κ2) is 4.13. The number of hydrogen-bond acceptors (Lipinski definition) is 2. The van der Waals surface area contributed by atoms with Crippen molar-refractivity contribution in [1.29, 1.82) is 5.26 Å². The Morgan fingerprint density at radius 2 is 1.80 bits per heavy atom. The molecule has 15 heavy (non-hydrogen) atoms. The zero-order valence-electron chi connectivity index (χ0n) is 7.51. The highest BCUT2D eigenvalue weighted by molar-refractivity contribution is 5.94. The van der Waals surface area contributed by atoms with Gasteiger partial charge in [-0.05, 0) is 17.7 Å². The Bertz CT molecular complexity index is 400. The lowest BCUT2D eigenvalue weighted by Gasteiger charge is -2.06. The third-order valence-corrected chi connectivity index (χ3v) is 1.77. The van der Waals surface area contributed by atoms with E-state index in [0.29, 0.717) is 5.56 Å². The van der Waals surface area contributed by atoms with Gasteiger partial charge in [-0.1, -0.05) is 12.1 Å². The number of benzene rings is 1. The van der Waals surface area contributed by atoms with E-state index in [1.54, 1.807) is 0 Å². The topological polar surface area (TPSA) is 40.9 Å². The molecule has 1 aromatic rings. The predicted octanol–water partition coefficient (Wildman–Crippen LogP) is 2.34. The molecule has 0 spiro atoms. The molecule has 78 valence electrons. The first kappa shape index (κ1) is 11.2. The predicted molar refractivity (Wildman–Crippen MR) is 45.8 cm³/mol. The number of carbonyl (C=O) groups is 1. The van der Waals surface area contributed by atoms with Crippen LogP contribution in [-0.4, -0.2) is 5.78 Å². The number of alkyl halides is 3. The van der Waals surface area contributed by atoms with Crippen molar-refractivity contribution < 1.29 is 18.0 Å². The van der Waals surface area contributed by atoms with E-state index in [9.17, 15) is 18.0 Å². The Morgan fingerprint density at radius 3 is 2.20 bits per heavy atom. The summed E-state index contributed by atoms with van der Waals surface area (Å²) in [7, 11) is 0. The fraction of sp³-hybridized carbons (Fsp3) is 0.200. The Kier molecular flexibility index (Phi) is 3.10. The van der Waals surface area contributed by atoms with E-state index < -0.39 is 17.5 Å². The molecule has 2 nitrogen and oxygen atoms in total. The van der Waals surface area contributed by atoms with Crippen LogP contribution in [0.2, 0.25) is 0 Å². The summed E-state index contributed by atoms with van der Waals surface area (Å²) < 4.78 is 36.4. The van der Waals surface area contributed by atoms with Crippen molar-refractivity contribution in [3.63, 3.8) is 0 Å². The lowest BCUT2D eigenvalue weighted by atomic mass is 10.1. The molecule has 0 amide bonds. The summed E-state index contributed by atoms with van der Waals surface area (Å²) in [6.07, 6.45) is -4.54. The van der Waals surface area contributed by atoms with E-state index in [1.807, 2.05) is 0 Å². The van der Waals surface area contributed by atoms with Crippen LogP contribution in [0.3, 0.4) is 0 Å². The van der Waals surface area contributed by atoms with Gasteiger partial charge < -0.3 is 0 Å². The van der Waals surface area contributed by atoms with Gasteiger partial charge in [-0.25, -0.2) is 0 Å². The number of carbonyl (C=O) groups excluding carboxylic acids is 1. The first-order valence-corrected chi connectivity index (χ1v) is 4.02. The number of nitrogens with zero attached hydrogens (tertiary/aromatic N) is 1. The Balaban J connectivity index is 2.83. The summed E-state index contributed by atoms with van der Waals surface area (Å²) in [5, 5.41) is 8.20. The SMILES string of the molecule is N#CC(=O)Cc1ccc(C(F)(F)F)cc1. The van der Waals surface area contributed by atoms with Gasteiger partial charge in [0.05, 0.1) is 5.56 Å². The van der Waals surface area contributed by atoms with Crippen LogP contribution in [0.4, 0.5) is 13.2 Å². The van der Waals surface area contributed by atoms with Gasteiger partial charge in [0.1, 0.15) is 6.07 Å². The fourth-order valence-corrected chi connectivity index (χ4v) is 1.04. The Morgan fingerprint density at radius 1 is 1.27 bits per heavy atom. The molecule has 0 N–H and O–H groups in total. The first-order valence-electron chi connectivity index (χ1n) is 4.02. The van der Waals surface area contributed by atoms with E-state index >= 15 is 0 Å². The molecule has 0 aliphatic rings. The Labute approximate surface area is 83.9 Å². The van der Waals surface area contributed by atoms with Gasteiger partial charge in [-0.2, -0.15) is 18.4 Å². The fourth-order valence-electron chi connectivity index (χ4n) is 1.04. The molecule has 0 fully saturated rings. The number of nitriles is 1. The lowest BCUT2D eigenvalue weighted by Crippen LogP contribution is -2.05. The third-order valence-electron chi connectivity index (χ3n) is 1.77. The molecule has 1 rings (SSSR count). The van der Waals surface area contributed by atoms with E-state index in [-0.39, 0.29) is 6.42 Å². The molecule has 0 aliphatic heterocycles. The van der Waals surface area contributed by atoms with E-state index in [1.165, 1.54) is 18.2 Å². The minimum absolute atomic E-state index is 0.158. The maximum absolute atomic E-state index is 12.1. The van der Waals surface area contributed by atoms with Crippen LogP contribution in [0.15, 0.2) is 24.3 Å². The summed E-state index contributed by atoms with van der Waals surface area (Å²) in [6, 6.07) is 5.56. The molecule has 0 aromatic heterocycles.